The van der Waals surface area contributed by atoms with Gasteiger partial charge in [0.15, 0.2) is 0 Å². The van der Waals surface area contributed by atoms with Crippen molar-refractivity contribution in [2.75, 3.05) is 20.3 Å². The van der Waals surface area contributed by atoms with Gasteiger partial charge in [0.2, 0.25) is 0 Å². The predicted octanol–water partition coefficient (Wildman–Crippen LogP) is 1.87. The van der Waals surface area contributed by atoms with Gasteiger partial charge in [-0.3, -0.25) is 0 Å². The minimum absolute atomic E-state index is 0.0368. The highest BCUT2D eigenvalue weighted by Crippen LogP contribution is 2.17. The smallest absolute Gasteiger partial charge is 0.129 e. The van der Waals surface area contributed by atoms with E-state index in [4.69, 9.17) is 4.74 Å². The second-order valence-electron chi connectivity index (χ2n) is 4.48. The van der Waals surface area contributed by atoms with E-state index in [1.807, 2.05) is 6.92 Å². The molecule has 1 aromatic rings. The molecule has 96 valence electrons. The highest BCUT2D eigenvalue weighted by Gasteiger charge is 2.20. The van der Waals surface area contributed by atoms with Gasteiger partial charge in [-0.25, -0.2) is 4.39 Å². The number of rotatable bonds is 6. The van der Waals surface area contributed by atoms with Gasteiger partial charge >= 0.3 is 0 Å². The van der Waals surface area contributed by atoms with Crippen LogP contribution >= 0.6 is 0 Å². The molecule has 0 saturated carbocycles. The molecule has 4 heteroatoms. The van der Waals surface area contributed by atoms with Gasteiger partial charge in [-0.2, -0.15) is 0 Å². The summed E-state index contributed by atoms with van der Waals surface area (Å²) in [4.78, 5) is 0. The van der Waals surface area contributed by atoms with E-state index < -0.39 is 0 Å². The zero-order chi connectivity index (χ0) is 12.9. The van der Waals surface area contributed by atoms with Crippen LogP contribution in [0.1, 0.15) is 18.9 Å². The number of aliphatic hydroxyl groups is 1. The molecule has 0 aliphatic carbocycles. The van der Waals surface area contributed by atoms with Crippen molar-refractivity contribution in [3.8, 4) is 5.75 Å². The van der Waals surface area contributed by atoms with Gasteiger partial charge in [0.1, 0.15) is 11.6 Å². The van der Waals surface area contributed by atoms with Crippen LogP contribution in [0.15, 0.2) is 18.2 Å². The van der Waals surface area contributed by atoms with Crippen LogP contribution in [0.2, 0.25) is 0 Å². The Morgan fingerprint density at radius 2 is 2.18 bits per heavy atom. The van der Waals surface area contributed by atoms with E-state index in [2.05, 4.69) is 5.32 Å². The molecule has 0 amide bonds. The first-order chi connectivity index (χ1) is 8.00. The molecular weight excluding hydrogens is 221 g/mol. The Bertz CT molecular complexity index is 364. The molecule has 0 fully saturated rings. The third-order valence-electron chi connectivity index (χ3n) is 3.02. The maximum absolute atomic E-state index is 13.2. The number of aliphatic hydroxyl groups excluding tert-OH is 1. The van der Waals surface area contributed by atoms with Gasteiger partial charge in [0.05, 0.1) is 13.2 Å². The number of benzene rings is 1. The average Bonchev–Trinajstić information content (AvgIpc) is 2.33. The minimum atomic E-state index is -0.358. The van der Waals surface area contributed by atoms with Gasteiger partial charge in [0, 0.05) is 18.0 Å². The van der Waals surface area contributed by atoms with Gasteiger partial charge in [0.25, 0.3) is 0 Å². The molecule has 0 heterocycles. The number of hydrogen-bond donors (Lipinski definition) is 2. The van der Waals surface area contributed by atoms with Gasteiger partial charge < -0.3 is 15.2 Å². The van der Waals surface area contributed by atoms with Crippen molar-refractivity contribution in [2.45, 2.75) is 25.8 Å². The standard InChI is InChI=1S/C13H20FNO2/c1-10-4-5-11(8-12(10)14)17-7-6-13(2,9-16)15-3/h4-5,8,15-16H,6-7,9H2,1-3H3. The van der Waals surface area contributed by atoms with Crippen LogP contribution in [0.3, 0.4) is 0 Å². The Kier molecular flexibility index (Phi) is 4.90. The van der Waals surface area contributed by atoms with Gasteiger partial charge in [-0.1, -0.05) is 6.07 Å². The number of nitrogens with one attached hydrogen (secondary N) is 1. The van der Waals surface area contributed by atoms with Crippen molar-refractivity contribution in [3.63, 3.8) is 0 Å². The largest absolute Gasteiger partial charge is 0.493 e. The van der Waals surface area contributed by atoms with Crippen molar-refractivity contribution < 1.29 is 14.2 Å². The molecule has 0 bridgehead atoms. The van der Waals surface area contributed by atoms with Crippen molar-refractivity contribution in [3.05, 3.63) is 29.6 Å². The van der Waals surface area contributed by atoms with Crippen molar-refractivity contribution in [1.29, 1.82) is 0 Å². The molecule has 17 heavy (non-hydrogen) atoms. The Hall–Kier alpha value is -1.13. The molecule has 2 N–H and O–H groups in total. The summed E-state index contributed by atoms with van der Waals surface area (Å²) in [6.45, 7) is 4.09. The second-order valence-corrected chi connectivity index (χ2v) is 4.48. The summed E-state index contributed by atoms with van der Waals surface area (Å²) in [5, 5.41) is 12.2. The lowest BCUT2D eigenvalue weighted by Gasteiger charge is -2.26. The number of ether oxygens (including phenoxy) is 1. The lowest BCUT2D eigenvalue weighted by atomic mass is 10.0. The van der Waals surface area contributed by atoms with Crippen LogP contribution in [0.25, 0.3) is 0 Å². The molecule has 3 nitrogen and oxygen atoms in total. The number of aryl methyl sites for hydroxylation is 1. The number of likely N-dealkylation sites (N-methyl/N-ethyl adjacent to an activating group) is 1. The third-order valence-corrected chi connectivity index (χ3v) is 3.02. The van der Waals surface area contributed by atoms with Gasteiger partial charge in [-0.15, -0.1) is 0 Å². The first-order valence-corrected chi connectivity index (χ1v) is 5.69. The normalized spacial score (nSPS) is 14.4. The molecule has 0 aliphatic heterocycles. The number of halogens is 1. The van der Waals surface area contributed by atoms with Crippen molar-refractivity contribution >= 4 is 0 Å². The summed E-state index contributed by atoms with van der Waals surface area (Å²) in [6.07, 6.45) is 0.648. The van der Waals surface area contributed by atoms with Crippen LogP contribution in [0.4, 0.5) is 4.39 Å². The molecule has 1 unspecified atom stereocenters. The zero-order valence-corrected chi connectivity index (χ0v) is 10.6. The summed E-state index contributed by atoms with van der Waals surface area (Å²) in [5.41, 5.74) is 0.247. The van der Waals surface area contributed by atoms with E-state index in [9.17, 15) is 9.50 Å². The minimum Gasteiger partial charge on any atom is -0.493 e. The highest BCUT2D eigenvalue weighted by atomic mass is 19.1. The molecule has 1 atom stereocenters. The second kappa shape index (κ2) is 5.98. The predicted molar refractivity (Wildman–Crippen MR) is 65.8 cm³/mol. The fraction of sp³-hybridized carbons (Fsp3) is 0.538. The highest BCUT2D eigenvalue weighted by molar-refractivity contribution is 5.27. The topological polar surface area (TPSA) is 41.5 Å². The lowest BCUT2D eigenvalue weighted by molar-refractivity contribution is 0.151. The summed E-state index contributed by atoms with van der Waals surface area (Å²) >= 11 is 0. The molecule has 0 radical (unpaired) electrons. The molecule has 1 aromatic carbocycles. The maximum Gasteiger partial charge on any atom is 0.129 e. The summed E-state index contributed by atoms with van der Waals surface area (Å²) in [6, 6.07) is 4.81. The van der Waals surface area contributed by atoms with Crippen LogP contribution in [-0.4, -0.2) is 30.9 Å². The number of hydrogen-bond acceptors (Lipinski definition) is 3. The van der Waals surface area contributed by atoms with Gasteiger partial charge in [-0.05, 0) is 32.5 Å². The Morgan fingerprint density at radius 1 is 1.47 bits per heavy atom. The Morgan fingerprint density at radius 3 is 2.71 bits per heavy atom. The summed E-state index contributed by atoms with van der Waals surface area (Å²) in [7, 11) is 1.79. The maximum atomic E-state index is 13.2. The van der Waals surface area contributed by atoms with E-state index >= 15 is 0 Å². The molecule has 0 spiro atoms. The fourth-order valence-corrected chi connectivity index (χ4v) is 1.34. The summed E-state index contributed by atoms with van der Waals surface area (Å²) < 4.78 is 18.7. The molecule has 0 aromatic heterocycles. The van der Waals surface area contributed by atoms with E-state index in [0.717, 1.165) is 0 Å². The van der Waals surface area contributed by atoms with Crippen LogP contribution in [0, 0.1) is 12.7 Å². The van der Waals surface area contributed by atoms with Crippen molar-refractivity contribution in [1.82, 2.24) is 5.32 Å². The molecule has 0 aliphatic rings. The Labute approximate surface area is 102 Å². The first kappa shape index (κ1) is 13.9. The van der Waals surface area contributed by atoms with E-state index in [1.165, 1.54) is 6.07 Å². The SMILES string of the molecule is CNC(C)(CO)CCOc1ccc(C)c(F)c1. The van der Waals surface area contributed by atoms with E-state index in [0.29, 0.717) is 24.3 Å². The quantitative estimate of drug-likeness (QED) is 0.799. The third kappa shape index (κ3) is 3.98. The lowest BCUT2D eigenvalue weighted by Crippen LogP contribution is -2.44. The monoisotopic (exact) mass is 241 g/mol. The Balaban J connectivity index is 2.48. The molecule has 1 rings (SSSR count). The summed E-state index contributed by atoms with van der Waals surface area (Å²) in [5.74, 6) is 0.255. The zero-order valence-electron chi connectivity index (χ0n) is 10.6. The van der Waals surface area contributed by atoms with E-state index in [-0.39, 0.29) is 18.0 Å². The van der Waals surface area contributed by atoms with Crippen LogP contribution < -0.4 is 10.1 Å². The first-order valence-electron chi connectivity index (χ1n) is 5.69. The van der Waals surface area contributed by atoms with Crippen molar-refractivity contribution in [2.24, 2.45) is 0 Å². The van der Waals surface area contributed by atoms with E-state index in [1.54, 1.807) is 26.1 Å². The van der Waals surface area contributed by atoms with Crippen LogP contribution in [-0.2, 0) is 0 Å². The molecule has 0 saturated heterocycles. The molecular formula is C13H20FNO2. The average molecular weight is 241 g/mol. The fourth-order valence-electron chi connectivity index (χ4n) is 1.34. The van der Waals surface area contributed by atoms with Crippen LogP contribution in [0.5, 0.6) is 5.75 Å².